The molecule has 17 heavy (non-hydrogen) atoms. The summed E-state index contributed by atoms with van der Waals surface area (Å²) >= 11 is 0. The predicted molar refractivity (Wildman–Crippen MR) is 69.9 cm³/mol. The summed E-state index contributed by atoms with van der Waals surface area (Å²) in [5, 5.41) is 0. The summed E-state index contributed by atoms with van der Waals surface area (Å²) in [6, 6.07) is 9.08. The van der Waals surface area contributed by atoms with Gasteiger partial charge in [-0.1, -0.05) is 45.0 Å². The average Bonchev–Trinajstić information content (AvgIpc) is 2.29. The van der Waals surface area contributed by atoms with Crippen LogP contribution in [-0.2, 0) is 4.79 Å². The lowest BCUT2D eigenvalue weighted by atomic mass is 10.0. The highest BCUT2D eigenvalue weighted by atomic mass is 16.5. The number of hydrogen-bond acceptors (Lipinski definition) is 2. The first-order valence-corrected chi connectivity index (χ1v) is 6.04. The van der Waals surface area contributed by atoms with E-state index in [0.29, 0.717) is 23.7 Å². The number of rotatable bonds is 6. The van der Waals surface area contributed by atoms with Crippen LogP contribution in [0.3, 0.4) is 0 Å². The van der Waals surface area contributed by atoms with Gasteiger partial charge in [0.2, 0.25) is 0 Å². The van der Waals surface area contributed by atoms with Crippen molar-refractivity contribution in [2.75, 3.05) is 0 Å². The molecule has 0 aromatic heterocycles. The zero-order chi connectivity index (χ0) is 12.7. The standard InChI is InChI=1S/C15H20O2/c1-12(2)8-7-9-13(3)15(16)17-14-10-5-4-6-11-14/h4-6,10-12H,3,7-9H2,1-2H3. The summed E-state index contributed by atoms with van der Waals surface area (Å²) in [6.45, 7) is 8.12. The van der Waals surface area contributed by atoms with E-state index in [2.05, 4.69) is 20.4 Å². The third-order valence-electron chi connectivity index (χ3n) is 2.50. The second-order valence-electron chi connectivity index (χ2n) is 4.59. The second kappa shape index (κ2) is 6.89. The highest BCUT2D eigenvalue weighted by Gasteiger charge is 2.09. The molecule has 0 aliphatic heterocycles. The van der Waals surface area contributed by atoms with E-state index in [4.69, 9.17) is 4.74 Å². The number of para-hydroxylation sites is 1. The molecule has 0 aliphatic rings. The molecule has 1 aromatic carbocycles. The Morgan fingerprint density at radius 1 is 1.29 bits per heavy atom. The van der Waals surface area contributed by atoms with Crippen molar-refractivity contribution in [2.45, 2.75) is 33.1 Å². The van der Waals surface area contributed by atoms with E-state index < -0.39 is 0 Å². The number of ether oxygens (including phenoxy) is 1. The Bertz CT molecular complexity index is 366. The molecule has 92 valence electrons. The fourth-order valence-electron chi connectivity index (χ4n) is 1.49. The molecule has 0 heterocycles. The highest BCUT2D eigenvalue weighted by molar-refractivity contribution is 5.89. The molecule has 0 aliphatic carbocycles. The van der Waals surface area contributed by atoms with E-state index in [1.54, 1.807) is 12.1 Å². The van der Waals surface area contributed by atoms with Crippen molar-refractivity contribution < 1.29 is 9.53 Å². The maximum absolute atomic E-state index is 11.7. The van der Waals surface area contributed by atoms with Gasteiger partial charge in [-0.2, -0.15) is 0 Å². The van der Waals surface area contributed by atoms with Crippen molar-refractivity contribution in [3.63, 3.8) is 0 Å². The molecule has 0 spiro atoms. The summed E-state index contributed by atoms with van der Waals surface area (Å²) < 4.78 is 5.20. The Morgan fingerprint density at radius 2 is 1.94 bits per heavy atom. The maximum atomic E-state index is 11.7. The summed E-state index contributed by atoms with van der Waals surface area (Å²) in [5.74, 6) is 0.912. The molecule has 0 unspecified atom stereocenters. The molecule has 1 rings (SSSR count). The molecule has 0 atom stereocenters. The van der Waals surface area contributed by atoms with Crippen LogP contribution in [0.4, 0.5) is 0 Å². The van der Waals surface area contributed by atoms with Gasteiger partial charge < -0.3 is 4.74 Å². The van der Waals surface area contributed by atoms with Crippen LogP contribution >= 0.6 is 0 Å². The minimum Gasteiger partial charge on any atom is -0.423 e. The first-order valence-electron chi connectivity index (χ1n) is 6.04. The number of hydrogen-bond donors (Lipinski definition) is 0. The Labute approximate surface area is 103 Å². The zero-order valence-corrected chi connectivity index (χ0v) is 10.6. The number of esters is 1. The molecule has 0 radical (unpaired) electrons. The molecule has 0 saturated carbocycles. The summed E-state index contributed by atoms with van der Waals surface area (Å²) in [6.07, 6.45) is 2.81. The van der Waals surface area contributed by atoms with Crippen molar-refractivity contribution in [3.05, 3.63) is 42.5 Å². The third kappa shape index (κ3) is 5.34. The third-order valence-corrected chi connectivity index (χ3v) is 2.50. The first kappa shape index (κ1) is 13.5. The molecule has 0 N–H and O–H groups in total. The van der Waals surface area contributed by atoms with Crippen LogP contribution in [0.1, 0.15) is 33.1 Å². The maximum Gasteiger partial charge on any atom is 0.338 e. The minimum atomic E-state index is -0.319. The second-order valence-corrected chi connectivity index (χ2v) is 4.59. The summed E-state index contributed by atoms with van der Waals surface area (Å²) in [5.41, 5.74) is 0.550. The Balaban J connectivity index is 2.35. The van der Waals surface area contributed by atoms with E-state index in [1.807, 2.05) is 18.2 Å². The van der Waals surface area contributed by atoms with Gasteiger partial charge in [0.05, 0.1) is 0 Å². The fourth-order valence-corrected chi connectivity index (χ4v) is 1.49. The summed E-state index contributed by atoms with van der Waals surface area (Å²) in [7, 11) is 0. The molecule has 0 amide bonds. The lowest BCUT2D eigenvalue weighted by Crippen LogP contribution is -2.10. The van der Waals surface area contributed by atoms with Crippen molar-refractivity contribution in [1.29, 1.82) is 0 Å². The predicted octanol–water partition coefficient (Wildman–Crippen LogP) is 3.97. The van der Waals surface area contributed by atoms with Gasteiger partial charge in [0.15, 0.2) is 0 Å². The lowest BCUT2D eigenvalue weighted by molar-refractivity contribution is -0.130. The normalized spacial score (nSPS) is 10.3. The van der Waals surface area contributed by atoms with Gasteiger partial charge in [0.1, 0.15) is 5.75 Å². The van der Waals surface area contributed by atoms with Crippen molar-refractivity contribution >= 4 is 5.97 Å². The van der Waals surface area contributed by atoms with E-state index in [9.17, 15) is 4.79 Å². The molecule has 0 fully saturated rings. The Hall–Kier alpha value is -1.57. The van der Waals surface area contributed by atoms with Gasteiger partial charge in [-0.15, -0.1) is 0 Å². The van der Waals surface area contributed by atoms with Crippen LogP contribution in [-0.4, -0.2) is 5.97 Å². The van der Waals surface area contributed by atoms with Crippen molar-refractivity contribution in [1.82, 2.24) is 0 Å². The minimum absolute atomic E-state index is 0.319. The van der Waals surface area contributed by atoms with Crippen LogP contribution in [0, 0.1) is 5.92 Å². The van der Waals surface area contributed by atoms with Crippen molar-refractivity contribution in [3.8, 4) is 5.75 Å². The van der Waals surface area contributed by atoms with Crippen LogP contribution in [0.2, 0.25) is 0 Å². The van der Waals surface area contributed by atoms with Crippen LogP contribution in [0.15, 0.2) is 42.5 Å². The largest absolute Gasteiger partial charge is 0.423 e. The molecular formula is C15H20O2. The fraction of sp³-hybridized carbons (Fsp3) is 0.400. The van der Waals surface area contributed by atoms with Gasteiger partial charge in [0.25, 0.3) is 0 Å². The quantitative estimate of drug-likeness (QED) is 0.421. The molecule has 2 nitrogen and oxygen atoms in total. The molecular weight excluding hydrogens is 212 g/mol. The summed E-state index contributed by atoms with van der Waals surface area (Å²) in [4.78, 5) is 11.7. The highest BCUT2D eigenvalue weighted by Crippen LogP contribution is 2.15. The van der Waals surface area contributed by atoms with Crippen LogP contribution < -0.4 is 4.74 Å². The van der Waals surface area contributed by atoms with E-state index >= 15 is 0 Å². The molecule has 1 aromatic rings. The van der Waals surface area contributed by atoms with Gasteiger partial charge in [-0.25, -0.2) is 4.79 Å². The smallest absolute Gasteiger partial charge is 0.338 e. The lowest BCUT2D eigenvalue weighted by Gasteiger charge is -2.07. The molecule has 0 bridgehead atoms. The van der Waals surface area contributed by atoms with Crippen LogP contribution in [0.25, 0.3) is 0 Å². The van der Waals surface area contributed by atoms with Crippen LogP contribution in [0.5, 0.6) is 5.75 Å². The topological polar surface area (TPSA) is 26.3 Å². The average molecular weight is 232 g/mol. The Morgan fingerprint density at radius 3 is 2.53 bits per heavy atom. The Kier molecular flexibility index (Phi) is 5.47. The molecule has 2 heteroatoms. The monoisotopic (exact) mass is 232 g/mol. The van der Waals surface area contributed by atoms with Gasteiger partial charge in [-0.3, -0.25) is 0 Å². The number of carbonyl (C=O) groups excluding carboxylic acids is 1. The van der Waals surface area contributed by atoms with Gasteiger partial charge in [-0.05, 0) is 30.9 Å². The van der Waals surface area contributed by atoms with E-state index in [0.717, 1.165) is 12.8 Å². The van der Waals surface area contributed by atoms with E-state index in [-0.39, 0.29) is 5.97 Å². The van der Waals surface area contributed by atoms with Crippen molar-refractivity contribution in [2.24, 2.45) is 5.92 Å². The SMILES string of the molecule is C=C(CCCC(C)C)C(=O)Oc1ccccc1. The molecule has 0 saturated heterocycles. The first-order chi connectivity index (χ1) is 8.09. The van der Waals surface area contributed by atoms with Gasteiger partial charge in [0, 0.05) is 5.57 Å². The number of carbonyl (C=O) groups is 1. The van der Waals surface area contributed by atoms with E-state index in [1.165, 1.54) is 0 Å². The van der Waals surface area contributed by atoms with Gasteiger partial charge >= 0.3 is 5.97 Å². The zero-order valence-electron chi connectivity index (χ0n) is 10.6. The number of benzene rings is 1.